The normalized spacial score (nSPS) is 12.4. The van der Waals surface area contributed by atoms with Gasteiger partial charge in [-0.2, -0.15) is 0 Å². The lowest BCUT2D eigenvalue weighted by atomic mass is 10.1. The molecule has 2 rings (SSSR count). The maximum atomic E-state index is 5.94. The van der Waals surface area contributed by atoms with Crippen LogP contribution in [0.5, 0.6) is 0 Å². The summed E-state index contributed by atoms with van der Waals surface area (Å²) in [6.45, 7) is 1.90. The first kappa shape index (κ1) is 11.0. The molecule has 0 aliphatic carbocycles. The second-order valence-electron chi connectivity index (χ2n) is 3.58. The molecule has 2 heterocycles. The van der Waals surface area contributed by atoms with Gasteiger partial charge in [0, 0.05) is 29.0 Å². The first-order chi connectivity index (χ1) is 7.68. The zero-order chi connectivity index (χ0) is 11.5. The van der Waals surface area contributed by atoms with Crippen LogP contribution in [0.3, 0.4) is 0 Å². The summed E-state index contributed by atoms with van der Waals surface area (Å²) in [7, 11) is 0. The number of hydrogen-bond donors (Lipinski definition) is 1. The van der Waals surface area contributed by atoms with Crippen LogP contribution in [0.15, 0.2) is 36.7 Å². The zero-order valence-electron chi connectivity index (χ0n) is 8.89. The van der Waals surface area contributed by atoms with Gasteiger partial charge in [-0.3, -0.25) is 9.97 Å². The van der Waals surface area contributed by atoms with Crippen LogP contribution in [0.25, 0.3) is 11.3 Å². The second kappa shape index (κ2) is 4.60. The fraction of sp³-hybridized carbons (Fsp3) is 0.167. The molecule has 0 bridgehead atoms. The summed E-state index contributed by atoms with van der Waals surface area (Å²) in [5.74, 6) is 0. The number of halogens is 1. The van der Waals surface area contributed by atoms with Gasteiger partial charge in [-0.15, -0.1) is 0 Å². The van der Waals surface area contributed by atoms with E-state index in [0.29, 0.717) is 5.02 Å². The van der Waals surface area contributed by atoms with Crippen LogP contribution >= 0.6 is 11.6 Å². The Morgan fingerprint density at radius 1 is 1.25 bits per heavy atom. The topological polar surface area (TPSA) is 51.8 Å². The molecule has 0 saturated heterocycles. The highest BCUT2D eigenvalue weighted by molar-refractivity contribution is 6.30. The van der Waals surface area contributed by atoms with Gasteiger partial charge < -0.3 is 5.73 Å². The maximum absolute atomic E-state index is 5.94. The number of rotatable bonds is 2. The first-order valence-corrected chi connectivity index (χ1v) is 5.38. The van der Waals surface area contributed by atoms with E-state index in [4.69, 9.17) is 17.3 Å². The summed E-state index contributed by atoms with van der Waals surface area (Å²) in [6, 6.07) is 7.24. The molecule has 2 aromatic rings. The smallest absolute Gasteiger partial charge is 0.0735 e. The van der Waals surface area contributed by atoms with E-state index in [1.807, 2.05) is 25.1 Å². The molecule has 82 valence electrons. The minimum Gasteiger partial charge on any atom is -0.323 e. The van der Waals surface area contributed by atoms with Gasteiger partial charge in [0.05, 0.1) is 11.4 Å². The molecule has 0 saturated carbocycles. The third kappa shape index (κ3) is 2.21. The Kier molecular flexibility index (Phi) is 3.17. The van der Waals surface area contributed by atoms with Crippen molar-refractivity contribution in [3.63, 3.8) is 0 Å². The van der Waals surface area contributed by atoms with Gasteiger partial charge in [0.15, 0.2) is 0 Å². The van der Waals surface area contributed by atoms with E-state index in [1.165, 1.54) is 0 Å². The minimum absolute atomic E-state index is 0.128. The summed E-state index contributed by atoms with van der Waals surface area (Å²) < 4.78 is 0. The Balaban J connectivity index is 2.55. The van der Waals surface area contributed by atoms with Crippen molar-refractivity contribution in [3.05, 3.63) is 47.4 Å². The first-order valence-electron chi connectivity index (χ1n) is 5.01. The van der Waals surface area contributed by atoms with Gasteiger partial charge >= 0.3 is 0 Å². The number of pyridine rings is 2. The van der Waals surface area contributed by atoms with Gasteiger partial charge in [-0.05, 0) is 31.2 Å². The van der Waals surface area contributed by atoms with Crippen LogP contribution < -0.4 is 5.73 Å². The molecule has 16 heavy (non-hydrogen) atoms. The Morgan fingerprint density at radius 3 is 2.75 bits per heavy atom. The summed E-state index contributed by atoms with van der Waals surface area (Å²) in [6.07, 6.45) is 3.41. The van der Waals surface area contributed by atoms with Gasteiger partial charge in [-0.1, -0.05) is 11.6 Å². The molecule has 0 aromatic carbocycles. The van der Waals surface area contributed by atoms with Crippen LogP contribution in [0, 0.1) is 0 Å². The number of nitrogens with two attached hydrogens (primary N) is 1. The summed E-state index contributed by atoms with van der Waals surface area (Å²) in [5, 5.41) is 0.657. The van der Waals surface area contributed by atoms with E-state index in [-0.39, 0.29) is 6.04 Å². The summed E-state index contributed by atoms with van der Waals surface area (Å²) >= 11 is 5.94. The second-order valence-corrected chi connectivity index (χ2v) is 4.02. The molecule has 3 nitrogen and oxygen atoms in total. The highest BCUT2D eigenvalue weighted by Crippen LogP contribution is 2.25. The lowest BCUT2D eigenvalue weighted by Crippen LogP contribution is -2.09. The van der Waals surface area contributed by atoms with E-state index in [2.05, 4.69) is 9.97 Å². The molecule has 0 aliphatic heterocycles. The molecule has 2 aromatic heterocycles. The highest BCUT2D eigenvalue weighted by atomic mass is 35.5. The fourth-order valence-electron chi connectivity index (χ4n) is 1.55. The molecule has 4 heteroatoms. The van der Waals surface area contributed by atoms with Crippen molar-refractivity contribution in [3.8, 4) is 11.3 Å². The van der Waals surface area contributed by atoms with Gasteiger partial charge in [0.1, 0.15) is 0 Å². The lowest BCUT2D eigenvalue weighted by Gasteiger charge is -2.10. The average Bonchev–Trinajstić information content (AvgIpc) is 2.29. The minimum atomic E-state index is -0.128. The molecule has 1 atom stereocenters. The molecule has 0 aliphatic rings. The van der Waals surface area contributed by atoms with Crippen LogP contribution in [0.4, 0.5) is 0 Å². The van der Waals surface area contributed by atoms with Crippen molar-refractivity contribution in [1.82, 2.24) is 9.97 Å². The van der Waals surface area contributed by atoms with Crippen LogP contribution in [0.1, 0.15) is 18.7 Å². The standard InChI is InChI=1S/C12H12ClN3/c1-8(14)12-10(3-2-5-16-12)11-7-9(13)4-6-15-11/h2-8H,14H2,1H3. The van der Waals surface area contributed by atoms with Gasteiger partial charge in [0.2, 0.25) is 0 Å². The Bertz CT molecular complexity index is 497. The third-order valence-electron chi connectivity index (χ3n) is 2.27. The maximum Gasteiger partial charge on any atom is 0.0735 e. The van der Waals surface area contributed by atoms with Crippen molar-refractivity contribution in [2.45, 2.75) is 13.0 Å². The molecule has 1 unspecified atom stereocenters. The van der Waals surface area contributed by atoms with E-state index in [0.717, 1.165) is 17.0 Å². The third-order valence-corrected chi connectivity index (χ3v) is 2.50. The van der Waals surface area contributed by atoms with Crippen molar-refractivity contribution in [2.75, 3.05) is 0 Å². The molecular weight excluding hydrogens is 222 g/mol. The predicted molar refractivity (Wildman–Crippen MR) is 65.1 cm³/mol. The van der Waals surface area contributed by atoms with E-state index < -0.39 is 0 Å². The Labute approximate surface area is 99.3 Å². The SMILES string of the molecule is CC(N)c1ncccc1-c1cc(Cl)ccn1. The van der Waals surface area contributed by atoms with Crippen LogP contribution in [0.2, 0.25) is 5.02 Å². The molecule has 0 fully saturated rings. The van der Waals surface area contributed by atoms with Crippen molar-refractivity contribution < 1.29 is 0 Å². The Morgan fingerprint density at radius 2 is 2.06 bits per heavy atom. The quantitative estimate of drug-likeness (QED) is 0.868. The van der Waals surface area contributed by atoms with Crippen molar-refractivity contribution >= 4 is 11.6 Å². The number of nitrogens with zero attached hydrogens (tertiary/aromatic N) is 2. The lowest BCUT2D eigenvalue weighted by molar-refractivity contribution is 0.783. The average molecular weight is 234 g/mol. The molecule has 0 radical (unpaired) electrons. The number of hydrogen-bond acceptors (Lipinski definition) is 3. The van der Waals surface area contributed by atoms with Gasteiger partial charge in [-0.25, -0.2) is 0 Å². The zero-order valence-corrected chi connectivity index (χ0v) is 9.65. The monoisotopic (exact) mass is 233 g/mol. The molecule has 0 spiro atoms. The summed E-state index contributed by atoms with van der Waals surface area (Å²) in [5.41, 5.74) is 8.43. The van der Waals surface area contributed by atoms with E-state index in [1.54, 1.807) is 18.5 Å². The molecule has 0 amide bonds. The molecule has 2 N–H and O–H groups in total. The Hall–Kier alpha value is -1.45. The van der Waals surface area contributed by atoms with Crippen LogP contribution in [-0.2, 0) is 0 Å². The number of aromatic nitrogens is 2. The molecular formula is C12H12ClN3. The van der Waals surface area contributed by atoms with Crippen molar-refractivity contribution in [2.24, 2.45) is 5.73 Å². The van der Waals surface area contributed by atoms with E-state index in [9.17, 15) is 0 Å². The van der Waals surface area contributed by atoms with Crippen molar-refractivity contribution in [1.29, 1.82) is 0 Å². The fourth-order valence-corrected chi connectivity index (χ4v) is 1.71. The summed E-state index contributed by atoms with van der Waals surface area (Å²) in [4.78, 5) is 8.55. The highest BCUT2D eigenvalue weighted by Gasteiger charge is 2.10. The largest absolute Gasteiger partial charge is 0.323 e. The van der Waals surface area contributed by atoms with E-state index >= 15 is 0 Å². The van der Waals surface area contributed by atoms with Gasteiger partial charge in [0.25, 0.3) is 0 Å². The predicted octanol–water partition coefficient (Wildman–Crippen LogP) is 2.82. The van der Waals surface area contributed by atoms with Crippen LogP contribution in [-0.4, -0.2) is 9.97 Å².